The van der Waals surface area contributed by atoms with Crippen LogP contribution in [-0.2, 0) is 11.2 Å². The number of carbonyl (C=O) groups excluding carboxylic acids is 2. The van der Waals surface area contributed by atoms with Gasteiger partial charge in [0.25, 0.3) is 5.91 Å². The Morgan fingerprint density at radius 3 is 2.64 bits per heavy atom. The molecule has 0 saturated carbocycles. The van der Waals surface area contributed by atoms with Gasteiger partial charge in [-0.05, 0) is 37.1 Å². The SMILES string of the molecule is Cc1cc(C(=O)N2CCCN(C(=O)Cc3cccc(F)c3)CC2)n[nH]1. The molecule has 1 N–H and O–H groups in total. The lowest BCUT2D eigenvalue weighted by Gasteiger charge is -2.21. The molecule has 7 heteroatoms. The summed E-state index contributed by atoms with van der Waals surface area (Å²) in [4.78, 5) is 28.4. The highest BCUT2D eigenvalue weighted by Gasteiger charge is 2.24. The molecule has 6 nitrogen and oxygen atoms in total. The fourth-order valence-electron chi connectivity index (χ4n) is 2.99. The molecule has 1 aromatic heterocycles. The molecule has 0 atom stereocenters. The first-order chi connectivity index (χ1) is 12.0. The number of aromatic amines is 1. The van der Waals surface area contributed by atoms with E-state index in [1.807, 2.05) is 6.92 Å². The van der Waals surface area contributed by atoms with Gasteiger partial charge in [0.1, 0.15) is 11.5 Å². The van der Waals surface area contributed by atoms with E-state index < -0.39 is 0 Å². The smallest absolute Gasteiger partial charge is 0.274 e. The molecule has 1 saturated heterocycles. The van der Waals surface area contributed by atoms with E-state index in [2.05, 4.69) is 10.2 Å². The van der Waals surface area contributed by atoms with Gasteiger partial charge in [-0.2, -0.15) is 5.10 Å². The van der Waals surface area contributed by atoms with Gasteiger partial charge < -0.3 is 9.80 Å². The van der Waals surface area contributed by atoms with Crippen molar-refractivity contribution in [2.45, 2.75) is 19.8 Å². The summed E-state index contributed by atoms with van der Waals surface area (Å²) in [5, 5.41) is 6.78. The highest BCUT2D eigenvalue weighted by Crippen LogP contribution is 2.11. The summed E-state index contributed by atoms with van der Waals surface area (Å²) >= 11 is 0. The predicted molar refractivity (Wildman–Crippen MR) is 90.5 cm³/mol. The van der Waals surface area contributed by atoms with Crippen LogP contribution in [0.15, 0.2) is 30.3 Å². The number of benzene rings is 1. The number of H-pyrrole nitrogens is 1. The van der Waals surface area contributed by atoms with Crippen molar-refractivity contribution in [1.29, 1.82) is 0 Å². The molecule has 2 aromatic rings. The zero-order valence-corrected chi connectivity index (χ0v) is 14.2. The Morgan fingerprint density at radius 2 is 1.92 bits per heavy atom. The molecular weight excluding hydrogens is 323 g/mol. The van der Waals surface area contributed by atoms with Crippen LogP contribution in [0.3, 0.4) is 0 Å². The fourth-order valence-corrected chi connectivity index (χ4v) is 2.99. The van der Waals surface area contributed by atoms with E-state index in [4.69, 9.17) is 0 Å². The molecule has 1 aliphatic rings. The number of aryl methyl sites for hydroxylation is 1. The lowest BCUT2D eigenvalue weighted by atomic mass is 10.1. The highest BCUT2D eigenvalue weighted by atomic mass is 19.1. The Labute approximate surface area is 145 Å². The molecule has 0 spiro atoms. The van der Waals surface area contributed by atoms with Gasteiger partial charge in [0.05, 0.1) is 6.42 Å². The second kappa shape index (κ2) is 7.46. The Kier molecular flexibility index (Phi) is 5.11. The van der Waals surface area contributed by atoms with E-state index in [-0.39, 0.29) is 24.1 Å². The van der Waals surface area contributed by atoms with Crippen molar-refractivity contribution in [3.05, 3.63) is 53.1 Å². The van der Waals surface area contributed by atoms with Gasteiger partial charge in [-0.25, -0.2) is 4.39 Å². The van der Waals surface area contributed by atoms with Crippen molar-refractivity contribution in [2.75, 3.05) is 26.2 Å². The normalized spacial score (nSPS) is 15.1. The molecule has 0 radical (unpaired) electrons. The topological polar surface area (TPSA) is 69.3 Å². The number of amides is 2. The van der Waals surface area contributed by atoms with E-state index in [0.717, 1.165) is 5.69 Å². The first-order valence-corrected chi connectivity index (χ1v) is 8.36. The molecule has 0 aliphatic carbocycles. The third-order valence-electron chi connectivity index (χ3n) is 4.31. The average Bonchev–Trinajstić information content (AvgIpc) is 2.87. The molecule has 1 aliphatic heterocycles. The molecule has 1 aromatic carbocycles. The van der Waals surface area contributed by atoms with Crippen LogP contribution < -0.4 is 0 Å². The van der Waals surface area contributed by atoms with Gasteiger partial charge in [-0.15, -0.1) is 0 Å². The molecule has 2 heterocycles. The van der Waals surface area contributed by atoms with Crippen molar-refractivity contribution >= 4 is 11.8 Å². The number of nitrogens with one attached hydrogen (secondary N) is 1. The molecule has 25 heavy (non-hydrogen) atoms. The van der Waals surface area contributed by atoms with Gasteiger partial charge in [-0.1, -0.05) is 12.1 Å². The first-order valence-electron chi connectivity index (χ1n) is 8.36. The van der Waals surface area contributed by atoms with Crippen LogP contribution >= 0.6 is 0 Å². The predicted octanol–water partition coefficient (Wildman–Crippen LogP) is 1.77. The number of hydrogen-bond donors (Lipinski definition) is 1. The number of carbonyl (C=O) groups is 2. The van der Waals surface area contributed by atoms with Gasteiger partial charge in [0, 0.05) is 31.9 Å². The van der Waals surface area contributed by atoms with Crippen LogP contribution in [-0.4, -0.2) is 58.0 Å². The van der Waals surface area contributed by atoms with E-state index in [0.29, 0.717) is 43.9 Å². The third kappa shape index (κ3) is 4.23. The van der Waals surface area contributed by atoms with Crippen LogP contribution in [0, 0.1) is 12.7 Å². The summed E-state index contributed by atoms with van der Waals surface area (Å²) in [6.45, 7) is 3.98. The maximum Gasteiger partial charge on any atom is 0.274 e. The number of rotatable bonds is 3. The minimum atomic E-state index is -0.341. The molecule has 2 amide bonds. The molecule has 0 bridgehead atoms. The van der Waals surface area contributed by atoms with Crippen LogP contribution in [0.4, 0.5) is 4.39 Å². The maximum atomic E-state index is 13.3. The van der Waals surface area contributed by atoms with E-state index in [1.165, 1.54) is 12.1 Å². The largest absolute Gasteiger partial charge is 0.341 e. The van der Waals surface area contributed by atoms with Crippen molar-refractivity contribution in [3.63, 3.8) is 0 Å². The Morgan fingerprint density at radius 1 is 1.16 bits per heavy atom. The average molecular weight is 344 g/mol. The Hall–Kier alpha value is -2.70. The number of halogens is 1. The van der Waals surface area contributed by atoms with Crippen LogP contribution in [0.1, 0.15) is 28.2 Å². The summed E-state index contributed by atoms with van der Waals surface area (Å²) in [5.74, 6) is -0.508. The van der Waals surface area contributed by atoms with Crippen molar-refractivity contribution in [2.24, 2.45) is 0 Å². The minimum Gasteiger partial charge on any atom is -0.341 e. The van der Waals surface area contributed by atoms with Crippen LogP contribution in [0.2, 0.25) is 0 Å². The summed E-state index contributed by atoms with van der Waals surface area (Å²) in [7, 11) is 0. The van der Waals surface area contributed by atoms with Crippen LogP contribution in [0.5, 0.6) is 0 Å². The maximum absolute atomic E-state index is 13.3. The molecular formula is C18H21FN4O2. The van der Waals surface area contributed by atoms with Gasteiger partial charge >= 0.3 is 0 Å². The molecule has 1 fully saturated rings. The zero-order chi connectivity index (χ0) is 17.8. The second-order valence-corrected chi connectivity index (χ2v) is 6.27. The summed E-state index contributed by atoms with van der Waals surface area (Å²) in [6.07, 6.45) is 0.883. The number of aromatic nitrogens is 2. The lowest BCUT2D eigenvalue weighted by molar-refractivity contribution is -0.130. The second-order valence-electron chi connectivity index (χ2n) is 6.27. The van der Waals surface area contributed by atoms with E-state index >= 15 is 0 Å². The van der Waals surface area contributed by atoms with Gasteiger partial charge in [0.2, 0.25) is 5.91 Å². The quantitative estimate of drug-likeness (QED) is 0.923. The monoisotopic (exact) mass is 344 g/mol. The minimum absolute atomic E-state index is 0.0458. The first kappa shape index (κ1) is 17.1. The van der Waals surface area contributed by atoms with Gasteiger partial charge in [-0.3, -0.25) is 14.7 Å². The van der Waals surface area contributed by atoms with E-state index in [1.54, 1.807) is 28.0 Å². The summed E-state index contributed by atoms with van der Waals surface area (Å²) in [5.41, 5.74) is 1.90. The fraction of sp³-hybridized carbons (Fsp3) is 0.389. The zero-order valence-electron chi connectivity index (χ0n) is 14.2. The van der Waals surface area contributed by atoms with Crippen molar-refractivity contribution < 1.29 is 14.0 Å². The Balaban J connectivity index is 1.59. The van der Waals surface area contributed by atoms with Crippen molar-refractivity contribution in [1.82, 2.24) is 20.0 Å². The van der Waals surface area contributed by atoms with Gasteiger partial charge in [0.15, 0.2) is 0 Å². The molecule has 0 unspecified atom stereocenters. The van der Waals surface area contributed by atoms with Crippen LogP contribution in [0.25, 0.3) is 0 Å². The van der Waals surface area contributed by atoms with Crippen molar-refractivity contribution in [3.8, 4) is 0 Å². The third-order valence-corrected chi connectivity index (χ3v) is 4.31. The summed E-state index contributed by atoms with van der Waals surface area (Å²) < 4.78 is 13.3. The molecule has 132 valence electrons. The summed E-state index contributed by atoms with van der Waals surface area (Å²) in [6, 6.07) is 7.81. The number of nitrogens with zero attached hydrogens (tertiary/aromatic N) is 3. The van der Waals surface area contributed by atoms with E-state index in [9.17, 15) is 14.0 Å². The highest BCUT2D eigenvalue weighted by molar-refractivity contribution is 5.92. The Bertz CT molecular complexity index is 774. The number of hydrogen-bond acceptors (Lipinski definition) is 3. The lowest BCUT2D eigenvalue weighted by Crippen LogP contribution is -2.38. The molecule has 3 rings (SSSR count). The standard InChI is InChI=1S/C18H21FN4O2/c1-13-10-16(21-20-13)18(25)23-7-3-6-22(8-9-23)17(24)12-14-4-2-5-15(19)11-14/h2,4-5,10-11H,3,6-9,12H2,1H3,(H,20,21).